The third kappa shape index (κ3) is 3.53. The molecule has 0 aliphatic heterocycles. The van der Waals surface area contributed by atoms with Crippen molar-refractivity contribution in [3.63, 3.8) is 0 Å². The van der Waals surface area contributed by atoms with Crippen LogP contribution in [0.15, 0.2) is 18.3 Å². The zero-order valence-corrected chi connectivity index (χ0v) is 9.88. The molecular formula is C11H14N2O4. The molecule has 0 saturated heterocycles. The predicted octanol–water partition coefficient (Wildman–Crippen LogP) is 0.698. The first-order valence-electron chi connectivity index (χ1n) is 5.04. The smallest absolute Gasteiger partial charge is 0.230 e. The van der Waals surface area contributed by atoms with Gasteiger partial charge in [0.15, 0.2) is 6.29 Å². The Kier molecular flexibility index (Phi) is 4.17. The molecule has 1 atom stereocenters. The van der Waals surface area contributed by atoms with E-state index in [0.29, 0.717) is 5.69 Å². The van der Waals surface area contributed by atoms with Crippen LogP contribution >= 0.6 is 0 Å². The number of hydrogen-bond donors (Lipinski definition) is 1. The van der Waals surface area contributed by atoms with E-state index in [-0.39, 0.29) is 5.88 Å². The Labute approximate surface area is 98.8 Å². The summed E-state index contributed by atoms with van der Waals surface area (Å²) < 4.78 is 4.96. The van der Waals surface area contributed by atoms with Crippen molar-refractivity contribution in [2.24, 2.45) is 0 Å². The fourth-order valence-corrected chi connectivity index (χ4v) is 1.36. The number of aliphatic hydroxyl groups is 1. The first-order chi connectivity index (χ1) is 7.91. The van der Waals surface area contributed by atoms with E-state index < -0.39 is 18.1 Å². The van der Waals surface area contributed by atoms with E-state index >= 15 is 0 Å². The van der Waals surface area contributed by atoms with E-state index in [2.05, 4.69) is 4.98 Å². The van der Waals surface area contributed by atoms with Crippen LogP contribution in [0.2, 0.25) is 0 Å². The molecule has 17 heavy (non-hydrogen) atoms. The predicted molar refractivity (Wildman–Crippen MR) is 60.4 cm³/mol. The molecule has 0 spiro atoms. The first-order valence-corrected chi connectivity index (χ1v) is 5.04. The molecule has 6 nitrogen and oxygen atoms in total. The van der Waals surface area contributed by atoms with Crippen LogP contribution in [-0.2, 0) is 9.59 Å². The van der Waals surface area contributed by atoms with Crippen LogP contribution in [-0.4, -0.2) is 28.2 Å². The molecule has 0 fully saturated rings. The second kappa shape index (κ2) is 5.40. The maximum Gasteiger partial charge on any atom is 0.230 e. The number of ether oxygens (including phenoxy) is 1. The molecule has 1 unspecified atom stereocenters. The summed E-state index contributed by atoms with van der Waals surface area (Å²) in [6.45, 7) is 4.01. The van der Waals surface area contributed by atoms with Gasteiger partial charge < -0.3 is 9.84 Å². The summed E-state index contributed by atoms with van der Waals surface area (Å²) in [7, 11) is 0. The van der Waals surface area contributed by atoms with Crippen molar-refractivity contribution in [3.05, 3.63) is 18.3 Å². The number of rotatable bonds is 3. The first kappa shape index (κ1) is 13.1. The highest BCUT2D eigenvalue weighted by atomic mass is 16.6. The van der Waals surface area contributed by atoms with Crippen molar-refractivity contribution in [1.82, 2.24) is 4.98 Å². The number of imide groups is 1. The maximum atomic E-state index is 11.3. The Morgan fingerprint density at radius 3 is 2.47 bits per heavy atom. The normalized spacial score (nSPS) is 11.8. The summed E-state index contributed by atoms with van der Waals surface area (Å²) in [5.41, 5.74) is 0.357. The summed E-state index contributed by atoms with van der Waals surface area (Å²) in [5.74, 6) is -0.650. The van der Waals surface area contributed by atoms with Gasteiger partial charge in [-0.05, 0) is 13.0 Å². The van der Waals surface area contributed by atoms with Crippen molar-refractivity contribution in [3.8, 4) is 5.88 Å². The van der Waals surface area contributed by atoms with Gasteiger partial charge in [-0.25, -0.2) is 4.98 Å². The quantitative estimate of drug-likeness (QED) is 0.784. The van der Waals surface area contributed by atoms with Crippen LogP contribution in [0.1, 0.15) is 20.8 Å². The molecule has 2 amide bonds. The molecule has 1 rings (SSSR count). The summed E-state index contributed by atoms with van der Waals surface area (Å²) in [5, 5.41) is 9.04. The number of hydrogen-bond acceptors (Lipinski definition) is 5. The second-order valence-corrected chi connectivity index (χ2v) is 3.44. The van der Waals surface area contributed by atoms with Crippen molar-refractivity contribution in [2.45, 2.75) is 27.1 Å². The third-order valence-electron chi connectivity index (χ3n) is 1.90. The SMILES string of the molecule is CC(=O)N(C(C)=O)c1ccnc(OC(C)O)c1. The van der Waals surface area contributed by atoms with E-state index in [1.165, 1.54) is 39.1 Å². The van der Waals surface area contributed by atoms with Gasteiger partial charge >= 0.3 is 0 Å². The molecular weight excluding hydrogens is 224 g/mol. The Balaban J connectivity index is 3.04. The largest absolute Gasteiger partial charge is 0.448 e. The molecule has 0 bridgehead atoms. The molecule has 92 valence electrons. The summed E-state index contributed by atoms with van der Waals surface area (Å²) in [6, 6.07) is 2.92. The van der Waals surface area contributed by atoms with Gasteiger partial charge in [0.25, 0.3) is 0 Å². The van der Waals surface area contributed by atoms with Crippen molar-refractivity contribution in [1.29, 1.82) is 0 Å². The van der Waals surface area contributed by atoms with Crippen LogP contribution in [0.4, 0.5) is 5.69 Å². The molecule has 0 radical (unpaired) electrons. The minimum absolute atomic E-state index is 0.144. The fraction of sp³-hybridized carbons (Fsp3) is 0.364. The zero-order chi connectivity index (χ0) is 13.0. The van der Waals surface area contributed by atoms with Crippen LogP contribution in [0.5, 0.6) is 5.88 Å². The minimum atomic E-state index is -1.01. The van der Waals surface area contributed by atoms with Gasteiger partial charge in [0.1, 0.15) is 0 Å². The molecule has 0 aliphatic rings. The number of pyridine rings is 1. The molecule has 0 aromatic carbocycles. The molecule has 1 heterocycles. The fourth-order valence-electron chi connectivity index (χ4n) is 1.36. The lowest BCUT2D eigenvalue weighted by Crippen LogP contribution is -2.33. The molecule has 6 heteroatoms. The molecule has 1 N–H and O–H groups in total. The number of aliphatic hydroxyl groups excluding tert-OH is 1. The molecule has 0 saturated carbocycles. The second-order valence-electron chi connectivity index (χ2n) is 3.44. The van der Waals surface area contributed by atoms with Crippen LogP contribution < -0.4 is 9.64 Å². The number of aromatic nitrogens is 1. The number of nitrogens with zero attached hydrogens (tertiary/aromatic N) is 2. The Bertz CT molecular complexity index is 417. The van der Waals surface area contributed by atoms with Gasteiger partial charge in [-0.3, -0.25) is 14.5 Å². The van der Waals surface area contributed by atoms with Crippen molar-refractivity contribution >= 4 is 17.5 Å². The molecule has 1 aromatic rings. The Morgan fingerprint density at radius 2 is 2.00 bits per heavy atom. The van der Waals surface area contributed by atoms with Gasteiger partial charge in [-0.2, -0.15) is 0 Å². The zero-order valence-electron chi connectivity index (χ0n) is 9.88. The Morgan fingerprint density at radius 1 is 1.41 bits per heavy atom. The van der Waals surface area contributed by atoms with Crippen LogP contribution in [0, 0.1) is 0 Å². The number of carbonyl (C=O) groups is 2. The van der Waals surface area contributed by atoms with Gasteiger partial charge in [0.2, 0.25) is 17.7 Å². The standard InChI is InChI=1S/C11H14N2O4/c1-7(14)13(8(2)15)10-4-5-12-11(6-10)17-9(3)16/h4-6,9,16H,1-3H3. The van der Waals surface area contributed by atoms with E-state index in [0.717, 1.165) is 4.90 Å². The highest BCUT2D eigenvalue weighted by Crippen LogP contribution is 2.19. The average Bonchev–Trinajstić information content (AvgIpc) is 2.15. The van der Waals surface area contributed by atoms with E-state index in [1.54, 1.807) is 0 Å². The topological polar surface area (TPSA) is 79.7 Å². The number of amides is 2. The lowest BCUT2D eigenvalue weighted by Gasteiger charge is -2.17. The van der Waals surface area contributed by atoms with Crippen molar-refractivity contribution in [2.75, 3.05) is 4.90 Å². The Hall–Kier alpha value is -1.95. The molecule has 1 aromatic heterocycles. The van der Waals surface area contributed by atoms with E-state index in [4.69, 9.17) is 9.84 Å². The number of anilines is 1. The van der Waals surface area contributed by atoms with Crippen LogP contribution in [0.25, 0.3) is 0 Å². The van der Waals surface area contributed by atoms with E-state index in [9.17, 15) is 9.59 Å². The summed E-state index contributed by atoms with van der Waals surface area (Å²) in [6.07, 6.45) is 0.382. The number of carbonyl (C=O) groups excluding carboxylic acids is 2. The lowest BCUT2D eigenvalue weighted by atomic mass is 10.3. The summed E-state index contributed by atoms with van der Waals surface area (Å²) in [4.78, 5) is 27.5. The summed E-state index contributed by atoms with van der Waals surface area (Å²) >= 11 is 0. The minimum Gasteiger partial charge on any atom is -0.448 e. The van der Waals surface area contributed by atoms with Gasteiger partial charge in [0, 0.05) is 26.1 Å². The third-order valence-corrected chi connectivity index (χ3v) is 1.90. The highest BCUT2D eigenvalue weighted by Gasteiger charge is 2.17. The van der Waals surface area contributed by atoms with Gasteiger partial charge in [-0.1, -0.05) is 0 Å². The maximum absolute atomic E-state index is 11.3. The van der Waals surface area contributed by atoms with Crippen molar-refractivity contribution < 1.29 is 19.4 Å². The van der Waals surface area contributed by atoms with Gasteiger partial charge in [-0.15, -0.1) is 0 Å². The monoisotopic (exact) mass is 238 g/mol. The molecule has 0 aliphatic carbocycles. The highest BCUT2D eigenvalue weighted by molar-refractivity contribution is 6.13. The van der Waals surface area contributed by atoms with Crippen LogP contribution in [0.3, 0.4) is 0 Å². The lowest BCUT2D eigenvalue weighted by molar-refractivity contribution is -0.124. The average molecular weight is 238 g/mol. The van der Waals surface area contributed by atoms with Gasteiger partial charge in [0.05, 0.1) is 5.69 Å². The van der Waals surface area contributed by atoms with E-state index in [1.807, 2.05) is 0 Å².